The van der Waals surface area contributed by atoms with E-state index in [2.05, 4.69) is 20.2 Å². The molecule has 0 saturated carbocycles. The fraction of sp³-hybridized carbons (Fsp3) is 0.588. The lowest BCUT2D eigenvalue weighted by molar-refractivity contribution is -0.0685. The first-order valence-corrected chi connectivity index (χ1v) is 8.46. The molecule has 0 unspecified atom stereocenters. The molecule has 2 aromatic heterocycles. The first kappa shape index (κ1) is 17.6. The van der Waals surface area contributed by atoms with Gasteiger partial charge in [-0.2, -0.15) is 10.2 Å². The molecule has 136 valence electrons. The van der Waals surface area contributed by atoms with Gasteiger partial charge in [0.05, 0.1) is 36.2 Å². The molecule has 3 rings (SSSR count). The second kappa shape index (κ2) is 6.97. The highest BCUT2D eigenvalue weighted by molar-refractivity contribution is 5.96. The van der Waals surface area contributed by atoms with Crippen LogP contribution in [0, 0.1) is 13.8 Å². The summed E-state index contributed by atoms with van der Waals surface area (Å²) in [6.07, 6.45) is 3.67. The van der Waals surface area contributed by atoms with Gasteiger partial charge in [0.2, 0.25) is 0 Å². The van der Waals surface area contributed by atoms with Crippen LogP contribution in [0.25, 0.3) is 0 Å². The van der Waals surface area contributed by atoms with Crippen molar-refractivity contribution in [3.63, 3.8) is 0 Å². The zero-order valence-corrected chi connectivity index (χ0v) is 15.5. The molecule has 0 bridgehead atoms. The van der Waals surface area contributed by atoms with Gasteiger partial charge in [0.15, 0.2) is 0 Å². The number of likely N-dealkylation sites (N-methyl/N-ethyl adjacent to an activating group) is 1. The highest BCUT2D eigenvalue weighted by Gasteiger charge is 2.38. The maximum absolute atomic E-state index is 13.3. The molecule has 8 heteroatoms. The van der Waals surface area contributed by atoms with Gasteiger partial charge < -0.3 is 14.5 Å². The monoisotopic (exact) mass is 346 g/mol. The third kappa shape index (κ3) is 3.45. The topological polar surface area (TPSA) is 79.3 Å². The largest absolute Gasteiger partial charge is 0.373 e. The molecule has 1 aliphatic rings. The first-order chi connectivity index (χ1) is 11.9. The number of amides is 1. The Labute approximate surface area is 147 Å². The maximum Gasteiger partial charge on any atom is 0.258 e. The van der Waals surface area contributed by atoms with Gasteiger partial charge >= 0.3 is 0 Å². The van der Waals surface area contributed by atoms with E-state index >= 15 is 0 Å². The van der Waals surface area contributed by atoms with Crippen LogP contribution in [0.4, 0.5) is 0 Å². The highest BCUT2D eigenvalue weighted by Crippen LogP contribution is 2.32. The standard InChI is InChI=1S/C17H26N6O2/c1-11-15(12(2)20-19-11)17(24)23-6-7-25-14(10-21(3)4)16(23)13-8-18-22(5)9-13/h8-9,14,16H,6-7,10H2,1-5H3,(H,19,20)/t14-,16-/m0/s1. The predicted octanol–water partition coefficient (Wildman–Crippen LogP) is 0.904. The van der Waals surface area contributed by atoms with Crippen LogP contribution in [0.15, 0.2) is 12.4 Å². The Kier molecular flexibility index (Phi) is 4.91. The van der Waals surface area contributed by atoms with E-state index in [0.29, 0.717) is 18.7 Å². The number of aryl methyl sites for hydroxylation is 3. The van der Waals surface area contributed by atoms with E-state index in [0.717, 1.165) is 23.5 Å². The van der Waals surface area contributed by atoms with Crippen molar-refractivity contribution in [3.8, 4) is 0 Å². The van der Waals surface area contributed by atoms with Crippen molar-refractivity contribution in [3.05, 3.63) is 34.9 Å². The van der Waals surface area contributed by atoms with E-state index in [1.807, 2.05) is 52.3 Å². The third-order valence-corrected chi connectivity index (χ3v) is 4.57. The minimum absolute atomic E-state index is 0.00957. The van der Waals surface area contributed by atoms with Gasteiger partial charge in [0.25, 0.3) is 5.91 Å². The molecule has 1 saturated heterocycles. The number of hydrogen-bond donors (Lipinski definition) is 1. The molecule has 2 aromatic rings. The Morgan fingerprint density at radius 2 is 2.20 bits per heavy atom. The van der Waals surface area contributed by atoms with Crippen molar-refractivity contribution in [2.75, 3.05) is 33.8 Å². The van der Waals surface area contributed by atoms with E-state index in [-0.39, 0.29) is 18.1 Å². The van der Waals surface area contributed by atoms with Gasteiger partial charge in [-0.3, -0.25) is 14.6 Å². The number of aromatic amines is 1. The smallest absolute Gasteiger partial charge is 0.258 e. The first-order valence-electron chi connectivity index (χ1n) is 8.46. The number of hydrogen-bond acceptors (Lipinski definition) is 5. The lowest BCUT2D eigenvalue weighted by Crippen LogP contribution is -2.51. The van der Waals surface area contributed by atoms with Crippen LogP contribution in [-0.2, 0) is 11.8 Å². The van der Waals surface area contributed by atoms with Gasteiger partial charge in [-0.15, -0.1) is 0 Å². The SMILES string of the molecule is Cc1n[nH]c(C)c1C(=O)N1CCO[C@@H](CN(C)C)[C@@H]1c1cnn(C)c1. The molecule has 2 atom stereocenters. The molecular formula is C17H26N6O2. The summed E-state index contributed by atoms with van der Waals surface area (Å²) >= 11 is 0. The molecule has 1 amide bonds. The number of carbonyl (C=O) groups excluding carboxylic acids is 1. The van der Waals surface area contributed by atoms with Crippen LogP contribution in [0.5, 0.6) is 0 Å². The summed E-state index contributed by atoms with van der Waals surface area (Å²) in [4.78, 5) is 17.3. The number of nitrogens with zero attached hydrogens (tertiary/aromatic N) is 5. The van der Waals surface area contributed by atoms with Crippen molar-refractivity contribution in [2.45, 2.75) is 26.0 Å². The molecule has 0 aromatic carbocycles. The van der Waals surface area contributed by atoms with Crippen LogP contribution in [-0.4, -0.2) is 75.6 Å². The zero-order chi connectivity index (χ0) is 18.1. The molecule has 1 aliphatic heterocycles. The lowest BCUT2D eigenvalue weighted by Gasteiger charge is -2.41. The average Bonchev–Trinajstić information content (AvgIpc) is 3.12. The van der Waals surface area contributed by atoms with E-state index in [9.17, 15) is 4.79 Å². The molecule has 0 radical (unpaired) electrons. The minimum atomic E-state index is -0.175. The summed E-state index contributed by atoms with van der Waals surface area (Å²) in [5.41, 5.74) is 3.16. The summed E-state index contributed by atoms with van der Waals surface area (Å²) in [7, 11) is 5.90. The van der Waals surface area contributed by atoms with Gasteiger partial charge in [-0.05, 0) is 27.9 Å². The fourth-order valence-electron chi connectivity index (χ4n) is 3.47. The molecule has 8 nitrogen and oxygen atoms in total. The van der Waals surface area contributed by atoms with Crippen molar-refractivity contribution < 1.29 is 9.53 Å². The van der Waals surface area contributed by atoms with Crippen molar-refractivity contribution in [2.24, 2.45) is 7.05 Å². The van der Waals surface area contributed by atoms with Crippen LogP contribution in [0.3, 0.4) is 0 Å². The van der Waals surface area contributed by atoms with E-state index < -0.39 is 0 Å². The Morgan fingerprint density at radius 1 is 1.44 bits per heavy atom. The predicted molar refractivity (Wildman–Crippen MR) is 93.3 cm³/mol. The minimum Gasteiger partial charge on any atom is -0.373 e. The maximum atomic E-state index is 13.3. The Hall–Kier alpha value is -2.19. The van der Waals surface area contributed by atoms with Gasteiger partial charge in [0, 0.05) is 37.6 Å². The molecule has 1 N–H and O–H groups in total. The van der Waals surface area contributed by atoms with Gasteiger partial charge in [-0.1, -0.05) is 0 Å². The number of aromatic nitrogens is 4. The summed E-state index contributed by atoms with van der Waals surface area (Å²) < 4.78 is 7.78. The Morgan fingerprint density at radius 3 is 2.76 bits per heavy atom. The summed E-state index contributed by atoms with van der Waals surface area (Å²) in [6.45, 7) is 5.54. The molecule has 25 heavy (non-hydrogen) atoms. The Bertz CT molecular complexity index is 731. The number of morpholine rings is 1. The van der Waals surface area contributed by atoms with Crippen molar-refractivity contribution in [1.29, 1.82) is 0 Å². The quantitative estimate of drug-likeness (QED) is 0.890. The fourth-order valence-corrected chi connectivity index (χ4v) is 3.47. The number of H-pyrrole nitrogens is 1. The van der Waals surface area contributed by atoms with Crippen LogP contribution in [0.1, 0.15) is 33.4 Å². The number of nitrogens with one attached hydrogen (secondary N) is 1. The molecule has 3 heterocycles. The van der Waals surface area contributed by atoms with Gasteiger partial charge in [-0.25, -0.2) is 0 Å². The number of carbonyl (C=O) groups is 1. The summed E-state index contributed by atoms with van der Waals surface area (Å²) in [5.74, 6) is -0.00957. The summed E-state index contributed by atoms with van der Waals surface area (Å²) in [5, 5.41) is 11.4. The van der Waals surface area contributed by atoms with Crippen molar-refractivity contribution in [1.82, 2.24) is 29.8 Å². The second-order valence-electron chi connectivity index (χ2n) is 6.87. The number of ether oxygens (including phenoxy) is 1. The lowest BCUT2D eigenvalue weighted by atomic mass is 9.99. The second-order valence-corrected chi connectivity index (χ2v) is 6.87. The van der Waals surface area contributed by atoms with E-state index in [4.69, 9.17) is 4.74 Å². The van der Waals surface area contributed by atoms with Crippen LogP contribution in [0.2, 0.25) is 0 Å². The highest BCUT2D eigenvalue weighted by atomic mass is 16.5. The van der Waals surface area contributed by atoms with E-state index in [1.54, 1.807) is 4.68 Å². The normalized spacial score (nSPS) is 21.1. The molecule has 1 fully saturated rings. The van der Waals surface area contributed by atoms with Crippen molar-refractivity contribution >= 4 is 5.91 Å². The molecular weight excluding hydrogens is 320 g/mol. The van der Waals surface area contributed by atoms with Gasteiger partial charge in [0.1, 0.15) is 0 Å². The summed E-state index contributed by atoms with van der Waals surface area (Å²) in [6, 6.07) is -0.175. The van der Waals surface area contributed by atoms with Crippen LogP contribution >= 0.6 is 0 Å². The van der Waals surface area contributed by atoms with Crippen LogP contribution < -0.4 is 0 Å². The Balaban J connectivity index is 1.98. The molecule has 0 spiro atoms. The average molecular weight is 346 g/mol. The molecule has 0 aliphatic carbocycles. The number of rotatable bonds is 4. The van der Waals surface area contributed by atoms with E-state index in [1.165, 1.54) is 0 Å². The third-order valence-electron chi connectivity index (χ3n) is 4.57. The zero-order valence-electron chi connectivity index (χ0n) is 15.5.